The van der Waals surface area contributed by atoms with Gasteiger partial charge in [-0.1, -0.05) is 12.1 Å². The van der Waals surface area contributed by atoms with Gasteiger partial charge in [-0.25, -0.2) is 4.98 Å². The smallest absolute Gasteiger partial charge is 0.307 e. The maximum absolute atomic E-state index is 11.7. The van der Waals surface area contributed by atoms with Crippen LogP contribution in [0.4, 0.5) is 0 Å². The largest absolute Gasteiger partial charge is 0.487 e. The number of methoxy groups -OCH3 is 1. The molecule has 7 heteroatoms. The summed E-state index contributed by atoms with van der Waals surface area (Å²) < 4.78 is 10.2. The Morgan fingerprint density at radius 1 is 1.36 bits per heavy atom. The van der Waals surface area contributed by atoms with Crippen molar-refractivity contribution >= 4 is 29.3 Å². The number of carbonyl (C=O) groups excluding carboxylic acids is 2. The van der Waals surface area contributed by atoms with Gasteiger partial charge in [0, 0.05) is 18.0 Å². The Morgan fingerprint density at radius 2 is 2.20 bits per heavy atom. The lowest BCUT2D eigenvalue weighted by Gasteiger charge is -2.05. The van der Waals surface area contributed by atoms with Crippen LogP contribution in [0, 0.1) is 6.92 Å². The van der Waals surface area contributed by atoms with Crippen LogP contribution >= 0.6 is 11.3 Å². The van der Waals surface area contributed by atoms with Crippen LogP contribution in [0.2, 0.25) is 0 Å². The van der Waals surface area contributed by atoms with Gasteiger partial charge in [-0.15, -0.1) is 11.3 Å². The molecule has 0 fully saturated rings. The van der Waals surface area contributed by atoms with Gasteiger partial charge in [0.2, 0.25) is 5.91 Å². The van der Waals surface area contributed by atoms with Gasteiger partial charge >= 0.3 is 5.97 Å². The van der Waals surface area contributed by atoms with Crippen molar-refractivity contribution in [2.45, 2.75) is 20.0 Å². The zero-order valence-electron chi connectivity index (χ0n) is 14.2. The highest BCUT2D eigenvalue weighted by molar-refractivity contribution is 7.09. The Hall–Kier alpha value is -2.67. The first kappa shape index (κ1) is 18.7. The summed E-state index contributed by atoms with van der Waals surface area (Å²) in [5.74, 6) is 0.0801. The van der Waals surface area contributed by atoms with Crippen molar-refractivity contribution in [3.8, 4) is 5.75 Å². The van der Waals surface area contributed by atoms with Gasteiger partial charge in [-0.05, 0) is 30.7 Å². The van der Waals surface area contributed by atoms with Gasteiger partial charge in [0.05, 0.1) is 24.2 Å². The van der Waals surface area contributed by atoms with E-state index in [9.17, 15) is 9.59 Å². The van der Waals surface area contributed by atoms with Crippen LogP contribution in [0.1, 0.15) is 22.7 Å². The number of carbonyl (C=O) groups is 2. The number of esters is 1. The van der Waals surface area contributed by atoms with Crippen LogP contribution in [0.3, 0.4) is 0 Å². The van der Waals surface area contributed by atoms with Crippen LogP contribution in [0.5, 0.6) is 5.75 Å². The molecule has 0 saturated heterocycles. The van der Waals surface area contributed by atoms with E-state index in [0.29, 0.717) is 12.4 Å². The van der Waals surface area contributed by atoms with Crippen molar-refractivity contribution in [3.05, 3.63) is 52.0 Å². The maximum Gasteiger partial charge on any atom is 0.307 e. The van der Waals surface area contributed by atoms with Crippen LogP contribution in [-0.4, -0.2) is 30.5 Å². The van der Waals surface area contributed by atoms with E-state index in [1.54, 1.807) is 17.4 Å². The highest BCUT2D eigenvalue weighted by atomic mass is 32.1. The van der Waals surface area contributed by atoms with E-state index < -0.39 is 0 Å². The normalized spacial score (nSPS) is 10.6. The van der Waals surface area contributed by atoms with Gasteiger partial charge < -0.3 is 14.8 Å². The van der Waals surface area contributed by atoms with E-state index in [-0.39, 0.29) is 24.8 Å². The second-order valence-electron chi connectivity index (χ2n) is 5.17. The number of nitrogens with one attached hydrogen (secondary N) is 1. The highest BCUT2D eigenvalue weighted by Crippen LogP contribution is 2.17. The van der Waals surface area contributed by atoms with E-state index in [2.05, 4.69) is 15.0 Å². The minimum absolute atomic E-state index is 0.148. The number of rotatable bonds is 8. The van der Waals surface area contributed by atoms with E-state index in [1.807, 2.05) is 36.6 Å². The first-order valence-corrected chi connectivity index (χ1v) is 8.61. The van der Waals surface area contributed by atoms with Crippen LogP contribution in [0.25, 0.3) is 6.08 Å². The number of amides is 1. The van der Waals surface area contributed by atoms with Gasteiger partial charge in [0.15, 0.2) is 0 Å². The Morgan fingerprint density at radius 3 is 2.92 bits per heavy atom. The summed E-state index contributed by atoms with van der Waals surface area (Å²) in [5.41, 5.74) is 1.74. The third-order valence-electron chi connectivity index (χ3n) is 3.19. The molecule has 0 spiro atoms. The molecule has 132 valence electrons. The first-order chi connectivity index (χ1) is 12.1. The fraction of sp³-hybridized carbons (Fsp3) is 0.278. The third-order valence-corrected chi connectivity index (χ3v) is 4.02. The number of benzene rings is 1. The van der Waals surface area contributed by atoms with Crippen molar-refractivity contribution in [1.82, 2.24) is 10.3 Å². The Balaban J connectivity index is 1.83. The molecule has 0 unspecified atom stereocenters. The molecule has 6 nitrogen and oxygen atoms in total. The molecule has 0 aliphatic carbocycles. The average Bonchev–Trinajstić information content (AvgIpc) is 3.04. The molecule has 0 radical (unpaired) electrons. The topological polar surface area (TPSA) is 77.5 Å². The number of thiazole rings is 1. The third kappa shape index (κ3) is 6.76. The fourth-order valence-electron chi connectivity index (χ4n) is 1.96. The monoisotopic (exact) mass is 360 g/mol. The Bertz CT molecular complexity index is 755. The maximum atomic E-state index is 11.7. The van der Waals surface area contributed by atoms with Crippen LogP contribution in [0.15, 0.2) is 35.7 Å². The number of aromatic nitrogens is 1. The van der Waals surface area contributed by atoms with E-state index in [1.165, 1.54) is 13.2 Å². The summed E-state index contributed by atoms with van der Waals surface area (Å²) in [7, 11) is 1.31. The minimum atomic E-state index is -0.357. The van der Waals surface area contributed by atoms with Gasteiger partial charge in [-0.2, -0.15) is 0 Å². The Kier molecular flexibility index (Phi) is 7.16. The average molecular weight is 360 g/mol. The Labute approximate surface area is 150 Å². The fourth-order valence-corrected chi connectivity index (χ4v) is 2.56. The lowest BCUT2D eigenvalue weighted by atomic mass is 10.2. The molecule has 0 saturated carbocycles. The molecular formula is C18H20N2O4S. The molecule has 1 heterocycles. The number of hydrogen-bond donors (Lipinski definition) is 1. The lowest BCUT2D eigenvalue weighted by molar-refractivity contribution is -0.140. The molecule has 2 aromatic rings. The number of ether oxygens (including phenoxy) is 2. The molecule has 0 atom stereocenters. The van der Waals surface area contributed by atoms with Crippen molar-refractivity contribution in [1.29, 1.82) is 0 Å². The molecule has 25 heavy (non-hydrogen) atoms. The molecule has 1 N–H and O–H groups in total. The van der Waals surface area contributed by atoms with E-state index in [0.717, 1.165) is 16.3 Å². The van der Waals surface area contributed by atoms with Gasteiger partial charge in [-0.3, -0.25) is 9.59 Å². The molecule has 1 aromatic heterocycles. The summed E-state index contributed by atoms with van der Waals surface area (Å²) in [6, 6.07) is 7.43. The first-order valence-electron chi connectivity index (χ1n) is 7.73. The standard InChI is InChI=1S/C18H20N2O4S/c1-13-20-15(12-25-13)11-24-16-5-3-4-14(10-16)6-7-17(21)19-9-8-18(22)23-2/h3-7,10,12H,8-9,11H2,1-2H3,(H,19,21)/b7-6+. The zero-order valence-corrected chi connectivity index (χ0v) is 15.0. The molecule has 0 bridgehead atoms. The number of nitrogens with zero attached hydrogens (tertiary/aromatic N) is 1. The number of hydrogen-bond acceptors (Lipinski definition) is 6. The second kappa shape index (κ2) is 9.58. The van der Waals surface area contributed by atoms with Crippen LogP contribution in [-0.2, 0) is 20.9 Å². The van der Waals surface area contributed by atoms with E-state index in [4.69, 9.17) is 4.74 Å². The van der Waals surface area contributed by atoms with Crippen molar-refractivity contribution in [3.63, 3.8) is 0 Å². The van der Waals surface area contributed by atoms with Crippen LogP contribution < -0.4 is 10.1 Å². The molecular weight excluding hydrogens is 340 g/mol. The lowest BCUT2D eigenvalue weighted by Crippen LogP contribution is -2.24. The predicted molar refractivity (Wildman–Crippen MR) is 96.3 cm³/mol. The predicted octanol–water partition coefficient (Wildman–Crippen LogP) is 2.72. The molecule has 0 aliphatic rings. The van der Waals surface area contributed by atoms with Gasteiger partial charge in [0.1, 0.15) is 12.4 Å². The minimum Gasteiger partial charge on any atom is -0.487 e. The highest BCUT2D eigenvalue weighted by Gasteiger charge is 2.02. The molecule has 1 amide bonds. The molecule has 0 aliphatic heterocycles. The van der Waals surface area contributed by atoms with Crippen molar-refractivity contribution in [2.75, 3.05) is 13.7 Å². The van der Waals surface area contributed by atoms with Crippen molar-refractivity contribution < 1.29 is 19.1 Å². The van der Waals surface area contributed by atoms with Gasteiger partial charge in [0.25, 0.3) is 0 Å². The zero-order chi connectivity index (χ0) is 18.1. The van der Waals surface area contributed by atoms with Crippen molar-refractivity contribution in [2.24, 2.45) is 0 Å². The summed E-state index contributed by atoms with van der Waals surface area (Å²) in [6.07, 6.45) is 3.25. The summed E-state index contributed by atoms with van der Waals surface area (Å²) in [4.78, 5) is 27.0. The summed E-state index contributed by atoms with van der Waals surface area (Å²) in [6.45, 7) is 2.60. The quantitative estimate of drug-likeness (QED) is 0.578. The molecule has 2 rings (SSSR count). The summed E-state index contributed by atoms with van der Waals surface area (Å²) >= 11 is 1.59. The summed E-state index contributed by atoms with van der Waals surface area (Å²) in [5, 5.41) is 5.59. The SMILES string of the molecule is COC(=O)CCNC(=O)/C=C/c1cccc(OCc2csc(C)n2)c1. The molecule has 1 aromatic carbocycles. The second-order valence-corrected chi connectivity index (χ2v) is 6.23. The van der Waals surface area contributed by atoms with E-state index >= 15 is 0 Å². The number of aryl methyl sites for hydroxylation is 1.